The molecule has 7 nitrogen and oxygen atoms in total. The largest absolute Gasteiger partial charge is 0.381 e. The molecule has 1 aliphatic heterocycles. The average molecular weight is 453 g/mol. The number of piperazine rings is 1. The molecule has 1 saturated heterocycles. The van der Waals surface area contributed by atoms with E-state index in [0.717, 1.165) is 55.9 Å². The number of ether oxygens (including phenoxy) is 1. The van der Waals surface area contributed by atoms with E-state index < -0.39 is 0 Å². The van der Waals surface area contributed by atoms with Crippen LogP contribution < -0.4 is 10.2 Å². The first-order valence-corrected chi connectivity index (χ1v) is 12.0. The number of hydrogen-bond acceptors (Lipinski definition) is 5. The fraction of sp³-hybridized carbons (Fsp3) is 0.500. The van der Waals surface area contributed by atoms with Crippen molar-refractivity contribution in [3.05, 3.63) is 59.3 Å². The highest BCUT2D eigenvalue weighted by Gasteiger charge is 2.22. The summed E-state index contributed by atoms with van der Waals surface area (Å²) in [6, 6.07) is 11.7. The zero-order chi connectivity index (χ0) is 23.5. The van der Waals surface area contributed by atoms with Crippen molar-refractivity contribution in [3.8, 4) is 0 Å². The maximum absolute atomic E-state index is 12.7. The molecule has 0 bridgehead atoms. The zero-order valence-corrected chi connectivity index (χ0v) is 19.9. The van der Waals surface area contributed by atoms with Crippen LogP contribution in [-0.2, 0) is 16.0 Å². The zero-order valence-electron chi connectivity index (χ0n) is 19.9. The molecule has 1 aromatic carbocycles. The summed E-state index contributed by atoms with van der Waals surface area (Å²) in [6.07, 6.45) is 5.07. The average Bonchev–Trinajstić information content (AvgIpc) is 2.85. The monoisotopic (exact) mass is 452 g/mol. The number of unbranched alkanes of at least 4 members (excludes halogenated alkanes) is 1. The van der Waals surface area contributed by atoms with E-state index in [4.69, 9.17) is 4.74 Å². The van der Waals surface area contributed by atoms with Crippen LogP contribution in [0.2, 0.25) is 0 Å². The van der Waals surface area contributed by atoms with Crippen molar-refractivity contribution in [3.63, 3.8) is 0 Å². The quantitative estimate of drug-likeness (QED) is 0.530. The first-order valence-electron chi connectivity index (χ1n) is 12.0. The number of amides is 2. The number of aromatic nitrogens is 1. The molecule has 0 saturated carbocycles. The summed E-state index contributed by atoms with van der Waals surface area (Å²) < 4.78 is 5.51. The van der Waals surface area contributed by atoms with Crippen LogP contribution in [0, 0.1) is 6.92 Å². The van der Waals surface area contributed by atoms with Gasteiger partial charge in [-0.3, -0.25) is 9.59 Å². The first kappa shape index (κ1) is 24.7. The molecule has 0 unspecified atom stereocenters. The van der Waals surface area contributed by atoms with Gasteiger partial charge in [-0.15, -0.1) is 0 Å². The van der Waals surface area contributed by atoms with Crippen molar-refractivity contribution in [1.82, 2.24) is 15.2 Å². The van der Waals surface area contributed by atoms with Crippen molar-refractivity contribution in [2.45, 2.75) is 39.5 Å². The highest BCUT2D eigenvalue weighted by Crippen LogP contribution is 2.16. The number of rotatable bonds is 11. The lowest BCUT2D eigenvalue weighted by atomic mass is 10.1. The van der Waals surface area contributed by atoms with Gasteiger partial charge in [-0.2, -0.15) is 0 Å². The number of benzene rings is 1. The van der Waals surface area contributed by atoms with Gasteiger partial charge < -0.3 is 19.9 Å². The highest BCUT2D eigenvalue weighted by molar-refractivity contribution is 5.94. The van der Waals surface area contributed by atoms with E-state index in [1.54, 1.807) is 6.20 Å². The molecule has 0 aliphatic carbocycles. The molecule has 33 heavy (non-hydrogen) atoms. The van der Waals surface area contributed by atoms with Crippen LogP contribution in [0.15, 0.2) is 42.6 Å². The summed E-state index contributed by atoms with van der Waals surface area (Å²) in [6.45, 7) is 9.03. The maximum Gasteiger partial charge on any atom is 0.252 e. The summed E-state index contributed by atoms with van der Waals surface area (Å²) in [5, 5.41) is 2.91. The lowest BCUT2D eigenvalue weighted by Gasteiger charge is -2.35. The molecule has 3 rings (SSSR count). The van der Waals surface area contributed by atoms with Gasteiger partial charge in [0, 0.05) is 52.1 Å². The molecule has 2 aromatic rings. The van der Waals surface area contributed by atoms with Gasteiger partial charge in [0.15, 0.2) is 0 Å². The topological polar surface area (TPSA) is 74.8 Å². The Morgan fingerprint density at radius 1 is 1.03 bits per heavy atom. The van der Waals surface area contributed by atoms with E-state index in [9.17, 15) is 9.59 Å². The van der Waals surface area contributed by atoms with Crippen LogP contribution >= 0.6 is 0 Å². The third-order valence-electron chi connectivity index (χ3n) is 5.96. The normalized spacial score (nSPS) is 13.8. The minimum absolute atomic E-state index is 0.116. The van der Waals surface area contributed by atoms with Gasteiger partial charge in [0.05, 0.1) is 12.0 Å². The fourth-order valence-electron chi connectivity index (χ4n) is 3.80. The van der Waals surface area contributed by atoms with E-state index in [1.807, 2.05) is 48.2 Å². The summed E-state index contributed by atoms with van der Waals surface area (Å²) in [5.74, 6) is 0.885. The van der Waals surface area contributed by atoms with E-state index >= 15 is 0 Å². The van der Waals surface area contributed by atoms with Gasteiger partial charge in [-0.25, -0.2) is 4.98 Å². The standard InChI is InChI=1S/C26H36N4O3/c1-3-4-17-33-18-7-12-27-26(32)23-10-11-24(28-20-23)29-13-15-30(16-14-29)25(31)19-22-9-6-5-8-21(22)2/h5-6,8-11,20H,3-4,7,12-19H2,1-2H3,(H,27,32). The SMILES string of the molecule is CCCCOCCCNC(=O)c1ccc(N2CCN(C(=O)Cc3ccccc3C)CC2)nc1. The molecule has 2 heterocycles. The molecule has 2 amide bonds. The molecular formula is C26H36N4O3. The molecule has 178 valence electrons. The third-order valence-corrected chi connectivity index (χ3v) is 5.96. The van der Waals surface area contributed by atoms with Crippen LogP contribution in [0.1, 0.15) is 47.7 Å². The van der Waals surface area contributed by atoms with E-state index in [-0.39, 0.29) is 11.8 Å². The second-order valence-corrected chi connectivity index (χ2v) is 8.45. The Bertz CT molecular complexity index is 893. The Hall–Kier alpha value is -2.93. The van der Waals surface area contributed by atoms with Gasteiger partial charge in [0.1, 0.15) is 5.82 Å². The van der Waals surface area contributed by atoms with Crippen LogP contribution in [0.25, 0.3) is 0 Å². The van der Waals surface area contributed by atoms with Gasteiger partial charge in [0.25, 0.3) is 5.91 Å². The molecule has 0 atom stereocenters. The minimum atomic E-state index is -0.116. The molecule has 0 spiro atoms. The van der Waals surface area contributed by atoms with Gasteiger partial charge >= 0.3 is 0 Å². The van der Waals surface area contributed by atoms with Crippen molar-refractivity contribution in [2.75, 3.05) is 50.8 Å². The number of nitrogens with zero attached hydrogens (tertiary/aromatic N) is 3. The van der Waals surface area contributed by atoms with E-state index in [1.165, 1.54) is 0 Å². The van der Waals surface area contributed by atoms with Crippen molar-refractivity contribution < 1.29 is 14.3 Å². The summed E-state index contributed by atoms with van der Waals surface area (Å²) in [5.41, 5.74) is 2.79. The van der Waals surface area contributed by atoms with E-state index in [2.05, 4.69) is 22.1 Å². The Morgan fingerprint density at radius 2 is 1.79 bits per heavy atom. The highest BCUT2D eigenvalue weighted by atomic mass is 16.5. The third kappa shape index (κ3) is 7.56. The van der Waals surface area contributed by atoms with Gasteiger partial charge in [-0.1, -0.05) is 37.6 Å². The Kier molecular flexibility index (Phi) is 9.69. The molecule has 0 radical (unpaired) electrons. The smallest absolute Gasteiger partial charge is 0.252 e. The lowest BCUT2D eigenvalue weighted by molar-refractivity contribution is -0.130. The molecule has 1 N–H and O–H groups in total. The van der Waals surface area contributed by atoms with Gasteiger partial charge in [-0.05, 0) is 43.0 Å². The molecular weight excluding hydrogens is 416 g/mol. The molecule has 1 aromatic heterocycles. The van der Waals surface area contributed by atoms with Crippen LogP contribution in [0.5, 0.6) is 0 Å². The van der Waals surface area contributed by atoms with Crippen molar-refractivity contribution in [1.29, 1.82) is 0 Å². The Labute approximate surface area is 197 Å². The number of carbonyl (C=O) groups is 2. The number of carbonyl (C=O) groups excluding carboxylic acids is 2. The molecule has 1 aliphatic rings. The molecule has 1 fully saturated rings. The maximum atomic E-state index is 12.7. The van der Waals surface area contributed by atoms with E-state index in [0.29, 0.717) is 38.2 Å². The Morgan fingerprint density at radius 3 is 2.48 bits per heavy atom. The molecule has 7 heteroatoms. The lowest BCUT2D eigenvalue weighted by Crippen LogP contribution is -2.49. The summed E-state index contributed by atoms with van der Waals surface area (Å²) in [7, 11) is 0. The van der Waals surface area contributed by atoms with Crippen LogP contribution in [0.4, 0.5) is 5.82 Å². The predicted octanol–water partition coefficient (Wildman–Crippen LogP) is 3.22. The predicted molar refractivity (Wildman–Crippen MR) is 131 cm³/mol. The first-order chi connectivity index (χ1) is 16.1. The number of nitrogens with one attached hydrogen (secondary N) is 1. The summed E-state index contributed by atoms with van der Waals surface area (Å²) in [4.78, 5) is 33.6. The minimum Gasteiger partial charge on any atom is -0.381 e. The van der Waals surface area contributed by atoms with Crippen molar-refractivity contribution in [2.24, 2.45) is 0 Å². The number of aryl methyl sites for hydroxylation is 1. The fourth-order valence-corrected chi connectivity index (χ4v) is 3.80. The van der Waals surface area contributed by atoms with Crippen LogP contribution in [-0.4, -0.2) is 67.6 Å². The number of pyridine rings is 1. The number of anilines is 1. The summed E-state index contributed by atoms with van der Waals surface area (Å²) >= 11 is 0. The van der Waals surface area contributed by atoms with Crippen LogP contribution in [0.3, 0.4) is 0 Å². The number of hydrogen-bond donors (Lipinski definition) is 1. The van der Waals surface area contributed by atoms with Gasteiger partial charge in [0.2, 0.25) is 5.91 Å². The second-order valence-electron chi connectivity index (χ2n) is 8.45. The van der Waals surface area contributed by atoms with Crippen molar-refractivity contribution >= 4 is 17.6 Å². The Balaban J connectivity index is 1.40. The second kappa shape index (κ2) is 12.9.